The number of azide groups is 1. The SMILES string of the molecule is [N-]=[N+]=NCCNC(C(N)=O)c1csc2ccccc12. The minimum absolute atomic E-state index is 0.280. The molecule has 3 N–H and O–H groups in total. The molecule has 1 heterocycles. The average Bonchev–Trinajstić information content (AvgIpc) is 2.82. The van der Waals surface area contributed by atoms with Crippen molar-refractivity contribution in [1.82, 2.24) is 5.32 Å². The molecule has 0 aliphatic heterocycles. The second-order valence-corrected chi connectivity index (χ2v) is 4.84. The van der Waals surface area contributed by atoms with Gasteiger partial charge in [0.2, 0.25) is 5.91 Å². The summed E-state index contributed by atoms with van der Waals surface area (Å²) in [6.07, 6.45) is 0. The number of amides is 1. The maximum atomic E-state index is 11.6. The molecule has 0 saturated carbocycles. The molecule has 1 aromatic heterocycles. The van der Waals surface area contributed by atoms with Crippen molar-refractivity contribution in [3.63, 3.8) is 0 Å². The number of nitrogens with zero attached hydrogens (tertiary/aromatic N) is 3. The van der Waals surface area contributed by atoms with E-state index in [4.69, 9.17) is 11.3 Å². The maximum absolute atomic E-state index is 11.6. The first-order valence-corrected chi connectivity index (χ1v) is 6.61. The molecule has 0 saturated heterocycles. The predicted octanol–water partition coefficient (Wildman–Crippen LogP) is 2.33. The van der Waals surface area contributed by atoms with Gasteiger partial charge in [0.05, 0.1) is 0 Å². The highest BCUT2D eigenvalue weighted by molar-refractivity contribution is 7.17. The number of carbonyl (C=O) groups excluding carboxylic acids is 1. The first-order chi connectivity index (χ1) is 9.24. The number of benzene rings is 1. The van der Waals surface area contributed by atoms with E-state index < -0.39 is 11.9 Å². The molecule has 0 spiro atoms. The summed E-state index contributed by atoms with van der Waals surface area (Å²) < 4.78 is 1.11. The number of nitrogens with one attached hydrogen (secondary N) is 1. The second-order valence-electron chi connectivity index (χ2n) is 3.93. The Labute approximate surface area is 113 Å². The van der Waals surface area contributed by atoms with Crippen molar-refractivity contribution in [2.75, 3.05) is 13.1 Å². The first kappa shape index (κ1) is 13.4. The van der Waals surface area contributed by atoms with E-state index in [1.54, 1.807) is 11.3 Å². The lowest BCUT2D eigenvalue weighted by atomic mass is 10.1. The molecule has 1 amide bonds. The quantitative estimate of drug-likeness (QED) is 0.365. The molecule has 0 radical (unpaired) electrons. The van der Waals surface area contributed by atoms with Gasteiger partial charge in [0.25, 0.3) is 0 Å². The predicted molar refractivity (Wildman–Crippen MR) is 75.8 cm³/mol. The third-order valence-electron chi connectivity index (χ3n) is 2.73. The molecule has 1 aromatic carbocycles. The van der Waals surface area contributed by atoms with Gasteiger partial charge in [0.15, 0.2) is 0 Å². The molecule has 19 heavy (non-hydrogen) atoms. The van der Waals surface area contributed by atoms with E-state index in [2.05, 4.69) is 15.3 Å². The highest BCUT2D eigenvalue weighted by Crippen LogP contribution is 2.30. The summed E-state index contributed by atoms with van der Waals surface area (Å²) in [6.45, 7) is 0.685. The van der Waals surface area contributed by atoms with Crippen molar-refractivity contribution in [3.05, 3.63) is 45.7 Å². The van der Waals surface area contributed by atoms with E-state index in [1.807, 2.05) is 29.6 Å². The van der Waals surface area contributed by atoms with Gasteiger partial charge in [0, 0.05) is 22.7 Å². The topological polar surface area (TPSA) is 104 Å². The lowest BCUT2D eigenvalue weighted by Gasteiger charge is -2.14. The van der Waals surface area contributed by atoms with Gasteiger partial charge in [-0.3, -0.25) is 4.79 Å². The fraction of sp³-hybridized carbons (Fsp3) is 0.250. The molecule has 0 aliphatic carbocycles. The molecule has 7 heteroatoms. The van der Waals surface area contributed by atoms with Gasteiger partial charge in [0.1, 0.15) is 6.04 Å². The zero-order valence-electron chi connectivity index (χ0n) is 10.1. The number of rotatable bonds is 6. The van der Waals surface area contributed by atoms with Crippen LogP contribution in [0.15, 0.2) is 34.8 Å². The first-order valence-electron chi connectivity index (χ1n) is 5.73. The summed E-state index contributed by atoms with van der Waals surface area (Å²) >= 11 is 1.57. The normalized spacial score (nSPS) is 12.0. The van der Waals surface area contributed by atoms with E-state index in [1.165, 1.54) is 0 Å². The summed E-state index contributed by atoms with van der Waals surface area (Å²) in [5.41, 5.74) is 14.5. The number of carbonyl (C=O) groups is 1. The zero-order chi connectivity index (χ0) is 13.7. The van der Waals surface area contributed by atoms with Gasteiger partial charge in [-0.1, -0.05) is 23.3 Å². The molecule has 0 aliphatic rings. The molecule has 0 bridgehead atoms. The second kappa shape index (κ2) is 6.19. The Morgan fingerprint density at radius 2 is 2.32 bits per heavy atom. The third-order valence-corrected chi connectivity index (χ3v) is 3.71. The number of hydrogen-bond acceptors (Lipinski definition) is 4. The van der Waals surface area contributed by atoms with Gasteiger partial charge < -0.3 is 11.1 Å². The fourth-order valence-electron chi connectivity index (χ4n) is 1.89. The van der Waals surface area contributed by atoms with Crippen LogP contribution in [0.2, 0.25) is 0 Å². The van der Waals surface area contributed by atoms with E-state index in [-0.39, 0.29) is 6.54 Å². The van der Waals surface area contributed by atoms with Crippen LogP contribution in [0.25, 0.3) is 20.5 Å². The summed E-state index contributed by atoms with van der Waals surface area (Å²) in [7, 11) is 0. The Morgan fingerprint density at radius 1 is 1.53 bits per heavy atom. The van der Waals surface area contributed by atoms with Crippen molar-refractivity contribution < 1.29 is 4.79 Å². The van der Waals surface area contributed by atoms with Crippen LogP contribution in [0.3, 0.4) is 0 Å². The number of fused-ring (bicyclic) bond motifs is 1. The Kier molecular flexibility index (Phi) is 4.35. The summed E-state index contributed by atoms with van der Waals surface area (Å²) in [5.74, 6) is -0.440. The van der Waals surface area contributed by atoms with Crippen LogP contribution < -0.4 is 11.1 Å². The van der Waals surface area contributed by atoms with Crippen LogP contribution >= 0.6 is 11.3 Å². The lowest BCUT2D eigenvalue weighted by molar-refractivity contribution is -0.120. The van der Waals surface area contributed by atoms with Gasteiger partial charge in [-0.15, -0.1) is 11.3 Å². The van der Waals surface area contributed by atoms with E-state index >= 15 is 0 Å². The summed E-state index contributed by atoms with van der Waals surface area (Å²) in [4.78, 5) is 14.2. The monoisotopic (exact) mass is 275 g/mol. The Balaban J connectivity index is 2.23. The van der Waals surface area contributed by atoms with Crippen LogP contribution in [0.4, 0.5) is 0 Å². The maximum Gasteiger partial charge on any atom is 0.239 e. The minimum Gasteiger partial charge on any atom is -0.368 e. The standard InChI is InChI=1S/C12H13N5OS/c13-12(18)11(15-5-6-16-17-14)9-7-19-10-4-2-1-3-8(9)10/h1-4,7,11,15H,5-6H2,(H2,13,18). The van der Waals surface area contributed by atoms with E-state index in [0.29, 0.717) is 6.54 Å². The molecule has 1 unspecified atom stereocenters. The summed E-state index contributed by atoms with van der Waals surface area (Å²) in [5, 5.41) is 9.38. The largest absolute Gasteiger partial charge is 0.368 e. The van der Waals surface area contributed by atoms with Crippen LogP contribution in [-0.2, 0) is 4.79 Å². The molecule has 0 fully saturated rings. The fourth-order valence-corrected chi connectivity index (χ4v) is 2.88. The highest BCUT2D eigenvalue weighted by atomic mass is 32.1. The average molecular weight is 275 g/mol. The molecule has 6 nitrogen and oxygen atoms in total. The zero-order valence-corrected chi connectivity index (χ0v) is 10.9. The van der Waals surface area contributed by atoms with Crippen LogP contribution in [0.5, 0.6) is 0 Å². The van der Waals surface area contributed by atoms with Gasteiger partial charge in [-0.05, 0) is 27.9 Å². The number of nitrogens with two attached hydrogens (primary N) is 1. The smallest absolute Gasteiger partial charge is 0.239 e. The van der Waals surface area contributed by atoms with Crippen molar-refractivity contribution >= 4 is 27.3 Å². The number of hydrogen-bond donors (Lipinski definition) is 2. The lowest BCUT2D eigenvalue weighted by Crippen LogP contribution is -2.34. The molecular formula is C12H13N5OS. The Bertz CT molecular complexity index is 632. The molecule has 98 valence electrons. The number of primary amides is 1. The molecule has 2 aromatic rings. The van der Waals surface area contributed by atoms with Crippen molar-refractivity contribution in [2.24, 2.45) is 10.8 Å². The molecule has 1 atom stereocenters. The van der Waals surface area contributed by atoms with Gasteiger partial charge in [-0.25, -0.2) is 0 Å². The molecular weight excluding hydrogens is 262 g/mol. The van der Waals surface area contributed by atoms with Crippen molar-refractivity contribution in [3.8, 4) is 0 Å². The van der Waals surface area contributed by atoms with Gasteiger partial charge in [-0.2, -0.15) is 0 Å². The van der Waals surface area contributed by atoms with Crippen molar-refractivity contribution in [1.29, 1.82) is 0 Å². The summed E-state index contributed by atoms with van der Waals surface area (Å²) in [6, 6.07) is 7.28. The Hall–Kier alpha value is -2.08. The Morgan fingerprint density at radius 3 is 3.05 bits per heavy atom. The van der Waals surface area contributed by atoms with Crippen LogP contribution in [-0.4, -0.2) is 19.0 Å². The van der Waals surface area contributed by atoms with E-state index in [9.17, 15) is 4.79 Å². The molecule has 2 rings (SSSR count). The van der Waals surface area contributed by atoms with E-state index in [0.717, 1.165) is 15.6 Å². The minimum atomic E-state index is -0.565. The van der Waals surface area contributed by atoms with Crippen LogP contribution in [0.1, 0.15) is 11.6 Å². The van der Waals surface area contributed by atoms with Gasteiger partial charge >= 0.3 is 0 Å². The van der Waals surface area contributed by atoms with Crippen LogP contribution in [0, 0.1) is 0 Å². The van der Waals surface area contributed by atoms with Crippen molar-refractivity contribution in [2.45, 2.75) is 6.04 Å². The highest BCUT2D eigenvalue weighted by Gasteiger charge is 2.20. The number of thiophene rings is 1. The third kappa shape index (κ3) is 3.03.